The fourth-order valence-corrected chi connectivity index (χ4v) is 1.59. The molecule has 0 aromatic heterocycles. The number of unbranched alkanes of at least 4 members (excludes halogenated alkanes) is 1. The maximum Gasteiger partial charge on any atom is 0.0514 e. The average Bonchev–Trinajstić information content (AvgIpc) is 2.17. The molecule has 0 amide bonds. The van der Waals surface area contributed by atoms with E-state index in [1.165, 1.54) is 12.8 Å². The fraction of sp³-hybridized carbons (Fsp3) is 1.00. The van der Waals surface area contributed by atoms with E-state index in [0.29, 0.717) is 5.41 Å². The molecule has 18 heavy (non-hydrogen) atoms. The van der Waals surface area contributed by atoms with Gasteiger partial charge in [-0.1, -0.05) is 41.5 Å². The molecule has 0 radical (unpaired) electrons. The summed E-state index contributed by atoms with van der Waals surface area (Å²) in [5.74, 6) is 0. The zero-order chi connectivity index (χ0) is 14.1. The molecule has 0 atom stereocenters. The molecule has 0 aromatic rings. The molecule has 0 fully saturated rings. The molecular weight excluding hydrogens is 224 g/mol. The third kappa shape index (κ3) is 15.9. The Balaban J connectivity index is 3.13. The van der Waals surface area contributed by atoms with Gasteiger partial charge in [-0.05, 0) is 36.5 Å². The highest BCUT2D eigenvalue weighted by Crippen LogP contribution is 2.20. The van der Waals surface area contributed by atoms with Gasteiger partial charge in [0.2, 0.25) is 0 Å². The minimum absolute atomic E-state index is 0.281. The standard InChI is InChI=1S/C16H34O2/c1-15(2,3)10-9-13-17-11-7-8-12-18-14-16(4,5)6/h7-14H2,1-6H3. The normalized spacial score (nSPS) is 13.0. The third-order valence-electron chi connectivity index (χ3n) is 2.58. The minimum Gasteiger partial charge on any atom is -0.381 e. The van der Waals surface area contributed by atoms with E-state index in [1.54, 1.807) is 0 Å². The second kappa shape index (κ2) is 8.92. The fourth-order valence-electron chi connectivity index (χ4n) is 1.59. The highest BCUT2D eigenvalue weighted by molar-refractivity contribution is 4.60. The molecule has 0 N–H and O–H groups in total. The summed E-state index contributed by atoms with van der Waals surface area (Å²) in [5, 5.41) is 0. The van der Waals surface area contributed by atoms with Gasteiger partial charge < -0.3 is 9.47 Å². The first-order valence-electron chi connectivity index (χ1n) is 7.36. The van der Waals surface area contributed by atoms with Crippen molar-refractivity contribution >= 4 is 0 Å². The molecule has 0 unspecified atom stereocenters. The molecule has 110 valence electrons. The van der Waals surface area contributed by atoms with E-state index in [1.807, 2.05) is 0 Å². The number of hydrogen-bond acceptors (Lipinski definition) is 2. The van der Waals surface area contributed by atoms with Gasteiger partial charge in [0.05, 0.1) is 6.61 Å². The zero-order valence-corrected chi connectivity index (χ0v) is 13.5. The maximum absolute atomic E-state index is 5.62. The van der Waals surface area contributed by atoms with E-state index in [4.69, 9.17) is 9.47 Å². The Morgan fingerprint density at radius 2 is 1.11 bits per heavy atom. The van der Waals surface area contributed by atoms with Crippen LogP contribution in [-0.4, -0.2) is 26.4 Å². The summed E-state index contributed by atoms with van der Waals surface area (Å²) >= 11 is 0. The molecule has 0 saturated heterocycles. The second-order valence-corrected chi connectivity index (χ2v) is 7.60. The topological polar surface area (TPSA) is 18.5 Å². The molecule has 0 bridgehead atoms. The lowest BCUT2D eigenvalue weighted by molar-refractivity contribution is 0.0606. The largest absolute Gasteiger partial charge is 0.381 e. The van der Waals surface area contributed by atoms with Crippen molar-refractivity contribution in [2.75, 3.05) is 26.4 Å². The van der Waals surface area contributed by atoms with Crippen LogP contribution in [0.25, 0.3) is 0 Å². The summed E-state index contributed by atoms with van der Waals surface area (Å²) in [5.41, 5.74) is 0.716. The Kier molecular flexibility index (Phi) is 8.89. The van der Waals surface area contributed by atoms with E-state index in [2.05, 4.69) is 41.5 Å². The molecule has 0 aliphatic rings. The third-order valence-corrected chi connectivity index (χ3v) is 2.58. The van der Waals surface area contributed by atoms with Crippen LogP contribution in [0.15, 0.2) is 0 Å². The zero-order valence-electron chi connectivity index (χ0n) is 13.5. The van der Waals surface area contributed by atoms with Crippen LogP contribution in [0.5, 0.6) is 0 Å². The highest BCUT2D eigenvalue weighted by Gasteiger charge is 2.09. The molecule has 0 aliphatic carbocycles. The lowest BCUT2D eigenvalue weighted by Crippen LogP contribution is -2.15. The minimum atomic E-state index is 0.281. The van der Waals surface area contributed by atoms with Crippen molar-refractivity contribution in [3.05, 3.63) is 0 Å². The van der Waals surface area contributed by atoms with Gasteiger partial charge in [0.15, 0.2) is 0 Å². The van der Waals surface area contributed by atoms with Gasteiger partial charge >= 0.3 is 0 Å². The summed E-state index contributed by atoms with van der Waals surface area (Å²) < 4.78 is 11.2. The van der Waals surface area contributed by atoms with Crippen LogP contribution in [0.4, 0.5) is 0 Å². The quantitative estimate of drug-likeness (QED) is 0.559. The molecule has 2 nitrogen and oxygen atoms in total. The maximum atomic E-state index is 5.62. The Bertz CT molecular complexity index is 164. The summed E-state index contributed by atoms with van der Waals surface area (Å²) in [6.07, 6.45) is 4.63. The molecule has 0 aliphatic heterocycles. The Labute approximate surface area is 114 Å². The summed E-state index contributed by atoms with van der Waals surface area (Å²) in [7, 11) is 0. The van der Waals surface area contributed by atoms with Gasteiger partial charge in [-0.2, -0.15) is 0 Å². The molecule has 0 rings (SSSR count). The monoisotopic (exact) mass is 258 g/mol. The van der Waals surface area contributed by atoms with Crippen molar-refractivity contribution in [2.45, 2.75) is 67.2 Å². The van der Waals surface area contributed by atoms with Crippen LogP contribution < -0.4 is 0 Å². The summed E-state index contributed by atoms with van der Waals surface area (Å²) in [4.78, 5) is 0. The SMILES string of the molecule is CC(C)(C)CCCOCCCCOCC(C)(C)C. The molecule has 0 aromatic carbocycles. The van der Waals surface area contributed by atoms with Gasteiger partial charge in [-0.3, -0.25) is 0 Å². The molecule has 0 heterocycles. The lowest BCUT2D eigenvalue weighted by Gasteiger charge is -2.18. The second-order valence-electron chi connectivity index (χ2n) is 7.60. The van der Waals surface area contributed by atoms with Gasteiger partial charge in [-0.25, -0.2) is 0 Å². The van der Waals surface area contributed by atoms with Gasteiger partial charge in [0, 0.05) is 19.8 Å². The van der Waals surface area contributed by atoms with Gasteiger partial charge in [0.25, 0.3) is 0 Å². The van der Waals surface area contributed by atoms with E-state index in [0.717, 1.165) is 39.3 Å². The Morgan fingerprint density at radius 3 is 1.61 bits per heavy atom. The predicted molar refractivity (Wildman–Crippen MR) is 79.0 cm³/mol. The van der Waals surface area contributed by atoms with Crippen LogP contribution in [0, 0.1) is 10.8 Å². The van der Waals surface area contributed by atoms with Gasteiger partial charge in [-0.15, -0.1) is 0 Å². The van der Waals surface area contributed by atoms with E-state index >= 15 is 0 Å². The number of ether oxygens (including phenoxy) is 2. The first-order chi connectivity index (χ1) is 8.21. The predicted octanol–water partition coefficient (Wildman–Crippen LogP) is 4.67. The summed E-state index contributed by atoms with van der Waals surface area (Å²) in [6.45, 7) is 16.9. The highest BCUT2D eigenvalue weighted by atomic mass is 16.5. The molecule has 0 saturated carbocycles. The van der Waals surface area contributed by atoms with Crippen molar-refractivity contribution in [2.24, 2.45) is 10.8 Å². The van der Waals surface area contributed by atoms with Crippen LogP contribution in [-0.2, 0) is 9.47 Å². The molecule has 0 spiro atoms. The first kappa shape index (κ1) is 17.9. The molecular formula is C16H34O2. The van der Waals surface area contributed by atoms with Crippen molar-refractivity contribution in [3.63, 3.8) is 0 Å². The smallest absolute Gasteiger partial charge is 0.0514 e. The van der Waals surface area contributed by atoms with Crippen molar-refractivity contribution in [3.8, 4) is 0 Å². The van der Waals surface area contributed by atoms with Crippen LogP contribution in [0.1, 0.15) is 67.2 Å². The Hall–Kier alpha value is -0.0800. The number of rotatable bonds is 9. The van der Waals surface area contributed by atoms with Crippen molar-refractivity contribution < 1.29 is 9.47 Å². The van der Waals surface area contributed by atoms with Gasteiger partial charge in [0.1, 0.15) is 0 Å². The van der Waals surface area contributed by atoms with E-state index in [9.17, 15) is 0 Å². The first-order valence-corrected chi connectivity index (χ1v) is 7.36. The van der Waals surface area contributed by atoms with E-state index in [-0.39, 0.29) is 5.41 Å². The van der Waals surface area contributed by atoms with Crippen molar-refractivity contribution in [1.82, 2.24) is 0 Å². The van der Waals surface area contributed by atoms with Crippen LogP contribution in [0.3, 0.4) is 0 Å². The van der Waals surface area contributed by atoms with Crippen molar-refractivity contribution in [1.29, 1.82) is 0 Å². The average molecular weight is 258 g/mol. The number of hydrogen-bond donors (Lipinski definition) is 0. The molecule has 2 heteroatoms. The van der Waals surface area contributed by atoms with Crippen LogP contribution in [0.2, 0.25) is 0 Å². The van der Waals surface area contributed by atoms with Crippen LogP contribution >= 0.6 is 0 Å². The summed E-state index contributed by atoms with van der Waals surface area (Å²) in [6, 6.07) is 0. The van der Waals surface area contributed by atoms with E-state index < -0.39 is 0 Å². The lowest BCUT2D eigenvalue weighted by atomic mass is 9.91. The Morgan fingerprint density at radius 1 is 0.611 bits per heavy atom.